The van der Waals surface area contributed by atoms with Crippen molar-refractivity contribution in [2.45, 2.75) is 13.5 Å². The minimum Gasteiger partial charge on any atom is -0.454 e. The lowest BCUT2D eigenvalue weighted by atomic mass is 10.1. The Bertz CT molecular complexity index is 990. The number of nitrogens with one attached hydrogen (secondary N) is 2. The smallest absolute Gasteiger partial charge is 0.292 e. The Morgan fingerprint density at radius 2 is 1.92 bits per heavy atom. The van der Waals surface area contributed by atoms with E-state index in [1.807, 2.05) is 30.3 Å². The maximum atomic E-state index is 12.6. The van der Waals surface area contributed by atoms with Crippen molar-refractivity contribution >= 4 is 22.6 Å². The molecule has 2 aromatic carbocycles. The molecule has 1 aliphatic heterocycles. The molecule has 6 heteroatoms. The fourth-order valence-corrected chi connectivity index (χ4v) is 3.00. The zero-order valence-corrected chi connectivity index (χ0v) is 13.6. The normalized spacial score (nSPS) is 12.4. The molecule has 0 unspecified atom stereocenters. The Morgan fingerprint density at radius 1 is 1.12 bits per heavy atom. The van der Waals surface area contributed by atoms with E-state index in [0.717, 1.165) is 16.5 Å². The van der Waals surface area contributed by atoms with Crippen LogP contribution in [0.1, 0.15) is 21.6 Å². The molecule has 126 valence electrons. The summed E-state index contributed by atoms with van der Waals surface area (Å²) in [5, 5.41) is 3.42. The first-order chi connectivity index (χ1) is 12.1. The van der Waals surface area contributed by atoms with E-state index < -0.39 is 11.7 Å². The zero-order valence-electron chi connectivity index (χ0n) is 13.6. The minimum absolute atomic E-state index is 0.198. The molecule has 0 saturated carbocycles. The van der Waals surface area contributed by atoms with Gasteiger partial charge in [-0.15, -0.1) is 0 Å². The van der Waals surface area contributed by atoms with E-state index in [0.29, 0.717) is 22.8 Å². The van der Waals surface area contributed by atoms with E-state index in [1.54, 1.807) is 19.1 Å². The summed E-state index contributed by atoms with van der Waals surface area (Å²) < 4.78 is 10.6. The number of hydrogen-bond donors (Lipinski definition) is 2. The summed E-state index contributed by atoms with van der Waals surface area (Å²) >= 11 is 0. The fourth-order valence-electron chi connectivity index (χ4n) is 3.00. The van der Waals surface area contributed by atoms with E-state index >= 15 is 0 Å². The Labute approximate surface area is 143 Å². The van der Waals surface area contributed by atoms with E-state index in [9.17, 15) is 9.59 Å². The number of aryl methyl sites for hydroxylation is 1. The molecule has 2 N–H and O–H groups in total. The summed E-state index contributed by atoms with van der Waals surface area (Å²) in [6, 6.07) is 12.8. The van der Waals surface area contributed by atoms with Gasteiger partial charge >= 0.3 is 0 Å². The lowest BCUT2D eigenvalue weighted by Crippen LogP contribution is -2.30. The number of H-pyrrole nitrogens is 1. The van der Waals surface area contributed by atoms with Gasteiger partial charge in [-0.1, -0.05) is 24.3 Å². The number of fused-ring (bicyclic) bond motifs is 2. The highest BCUT2D eigenvalue weighted by molar-refractivity contribution is 6.45. The molecule has 0 radical (unpaired) electrons. The van der Waals surface area contributed by atoms with Crippen molar-refractivity contribution in [1.82, 2.24) is 10.3 Å². The van der Waals surface area contributed by atoms with Crippen LogP contribution < -0.4 is 14.8 Å². The van der Waals surface area contributed by atoms with Gasteiger partial charge in [-0.2, -0.15) is 0 Å². The molecule has 0 bridgehead atoms. The standard InChI is InChI=1S/C19H16N2O4/c1-11-17(13-4-2-3-5-14(13)21-11)18(22)19(23)20-9-12-6-7-15-16(8-12)25-10-24-15/h2-8,21H,9-10H2,1H3,(H,20,23). The molecule has 3 aromatic rings. The van der Waals surface area contributed by atoms with Gasteiger partial charge < -0.3 is 19.8 Å². The molecule has 1 amide bonds. The van der Waals surface area contributed by atoms with Gasteiger partial charge in [0, 0.05) is 23.1 Å². The third-order valence-corrected chi connectivity index (χ3v) is 4.22. The van der Waals surface area contributed by atoms with E-state index in [-0.39, 0.29) is 13.3 Å². The van der Waals surface area contributed by atoms with Crippen LogP contribution in [0.2, 0.25) is 0 Å². The van der Waals surface area contributed by atoms with Crippen LogP contribution in [-0.4, -0.2) is 23.5 Å². The topological polar surface area (TPSA) is 80.4 Å². The summed E-state index contributed by atoms with van der Waals surface area (Å²) in [5.41, 5.74) is 2.77. The molecule has 1 aromatic heterocycles. The number of carbonyl (C=O) groups is 2. The van der Waals surface area contributed by atoms with Crippen molar-refractivity contribution in [3.63, 3.8) is 0 Å². The SMILES string of the molecule is Cc1[nH]c2ccccc2c1C(=O)C(=O)NCc1ccc2c(c1)OCO2. The Kier molecular flexibility index (Phi) is 3.65. The summed E-state index contributed by atoms with van der Waals surface area (Å²) in [6.45, 7) is 2.23. The van der Waals surface area contributed by atoms with E-state index in [2.05, 4.69) is 10.3 Å². The Balaban J connectivity index is 1.51. The minimum atomic E-state index is -0.634. The van der Waals surface area contributed by atoms with Crippen LogP contribution in [0.25, 0.3) is 10.9 Å². The molecule has 1 aliphatic rings. The number of hydrogen-bond acceptors (Lipinski definition) is 4. The van der Waals surface area contributed by atoms with Crippen LogP contribution in [0.5, 0.6) is 11.5 Å². The maximum absolute atomic E-state index is 12.6. The van der Waals surface area contributed by atoms with Crippen LogP contribution in [0, 0.1) is 6.92 Å². The third-order valence-electron chi connectivity index (χ3n) is 4.22. The van der Waals surface area contributed by atoms with Crippen molar-refractivity contribution in [3.05, 3.63) is 59.3 Å². The zero-order chi connectivity index (χ0) is 17.4. The van der Waals surface area contributed by atoms with Crippen LogP contribution in [0.4, 0.5) is 0 Å². The number of benzene rings is 2. The van der Waals surface area contributed by atoms with Crippen LogP contribution in [0.3, 0.4) is 0 Å². The first-order valence-electron chi connectivity index (χ1n) is 7.92. The van der Waals surface area contributed by atoms with Gasteiger partial charge in [-0.05, 0) is 30.7 Å². The van der Waals surface area contributed by atoms with Gasteiger partial charge in [0.15, 0.2) is 11.5 Å². The molecular formula is C19H16N2O4. The molecular weight excluding hydrogens is 320 g/mol. The number of ketones is 1. The number of carbonyl (C=O) groups excluding carboxylic acids is 2. The van der Waals surface area contributed by atoms with Crippen molar-refractivity contribution in [3.8, 4) is 11.5 Å². The predicted octanol–water partition coefficient (Wildman–Crippen LogP) is 2.70. The first-order valence-corrected chi connectivity index (χ1v) is 7.92. The molecule has 0 spiro atoms. The highest BCUT2D eigenvalue weighted by atomic mass is 16.7. The summed E-state index contributed by atoms with van der Waals surface area (Å²) in [7, 11) is 0. The molecule has 4 rings (SSSR count). The van der Waals surface area contributed by atoms with E-state index in [1.165, 1.54) is 0 Å². The van der Waals surface area contributed by atoms with Gasteiger partial charge in [0.05, 0.1) is 5.56 Å². The van der Waals surface area contributed by atoms with Crippen LogP contribution >= 0.6 is 0 Å². The summed E-state index contributed by atoms with van der Waals surface area (Å²) in [4.78, 5) is 28.0. The van der Waals surface area contributed by atoms with Gasteiger partial charge in [-0.3, -0.25) is 9.59 Å². The lowest BCUT2D eigenvalue weighted by molar-refractivity contribution is -0.117. The fraction of sp³-hybridized carbons (Fsp3) is 0.158. The molecule has 2 heterocycles. The number of Topliss-reactive ketones (excluding diaryl/α,β-unsaturated/α-hetero) is 1. The first kappa shape index (κ1) is 15.3. The van der Waals surface area contributed by atoms with Crippen LogP contribution in [0.15, 0.2) is 42.5 Å². The van der Waals surface area contributed by atoms with Crippen molar-refractivity contribution in [2.75, 3.05) is 6.79 Å². The summed E-state index contributed by atoms with van der Waals surface area (Å²) in [6.07, 6.45) is 0. The number of rotatable bonds is 4. The number of ether oxygens (including phenoxy) is 2. The molecule has 25 heavy (non-hydrogen) atoms. The molecule has 6 nitrogen and oxygen atoms in total. The van der Waals surface area contributed by atoms with Crippen molar-refractivity contribution in [2.24, 2.45) is 0 Å². The highest BCUT2D eigenvalue weighted by Crippen LogP contribution is 2.32. The van der Waals surface area contributed by atoms with Gasteiger partial charge in [0.1, 0.15) is 0 Å². The second-order valence-corrected chi connectivity index (χ2v) is 5.87. The van der Waals surface area contributed by atoms with Gasteiger partial charge in [0.2, 0.25) is 6.79 Å². The van der Waals surface area contributed by atoms with Crippen molar-refractivity contribution < 1.29 is 19.1 Å². The molecule has 0 aliphatic carbocycles. The third kappa shape index (κ3) is 2.71. The van der Waals surface area contributed by atoms with E-state index in [4.69, 9.17) is 9.47 Å². The quantitative estimate of drug-likeness (QED) is 0.567. The monoisotopic (exact) mass is 336 g/mol. The second kappa shape index (κ2) is 5.98. The number of aromatic amines is 1. The molecule has 0 fully saturated rings. The highest BCUT2D eigenvalue weighted by Gasteiger charge is 2.22. The van der Waals surface area contributed by atoms with Crippen LogP contribution in [-0.2, 0) is 11.3 Å². The molecule has 0 atom stereocenters. The number of aromatic nitrogens is 1. The Hall–Kier alpha value is -3.28. The average molecular weight is 336 g/mol. The second-order valence-electron chi connectivity index (χ2n) is 5.87. The number of para-hydroxylation sites is 1. The van der Waals surface area contributed by atoms with Gasteiger partial charge in [-0.25, -0.2) is 0 Å². The van der Waals surface area contributed by atoms with Gasteiger partial charge in [0.25, 0.3) is 11.7 Å². The summed E-state index contributed by atoms with van der Waals surface area (Å²) in [5.74, 6) is 0.146. The van der Waals surface area contributed by atoms with Crippen molar-refractivity contribution in [1.29, 1.82) is 0 Å². The molecule has 0 saturated heterocycles. The predicted molar refractivity (Wildman–Crippen MR) is 91.8 cm³/mol. The average Bonchev–Trinajstić information content (AvgIpc) is 3.21. The Morgan fingerprint density at radius 3 is 2.80 bits per heavy atom. The largest absolute Gasteiger partial charge is 0.454 e. The lowest BCUT2D eigenvalue weighted by Gasteiger charge is -2.06. The number of amides is 1. The maximum Gasteiger partial charge on any atom is 0.292 e.